The van der Waals surface area contributed by atoms with Gasteiger partial charge in [-0.25, -0.2) is 0 Å². The molecule has 0 radical (unpaired) electrons. The van der Waals surface area contributed by atoms with Gasteiger partial charge in [0, 0.05) is 11.3 Å². The minimum absolute atomic E-state index is 0.451. The van der Waals surface area contributed by atoms with Gasteiger partial charge in [-0.3, -0.25) is 0 Å². The first kappa shape index (κ1) is 8.67. The molecule has 0 aromatic rings. The van der Waals surface area contributed by atoms with Gasteiger partial charge in [0.25, 0.3) is 0 Å². The van der Waals surface area contributed by atoms with Crippen LogP contribution in [0.25, 0.3) is 0 Å². The molecule has 10 heavy (non-hydrogen) atoms. The Hall–Kier alpha value is 0.580. The molecule has 0 aliphatic heterocycles. The predicted molar refractivity (Wildman–Crippen MR) is 46.9 cm³/mol. The monoisotopic (exact) mass is 180 g/mol. The van der Waals surface area contributed by atoms with E-state index in [1.54, 1.807) is 0 Å². The zero-order chi connectivity index (χ0) is 7.40. The minimum Gasteiger partial charge on any atom is -0.127 e. The molecule has 60 valence electrons. The Labute approximate surface area is 72.9 Å². The summed E-state index contributed by atoms with van der Waals surface area (Å²) in [7, 11) is 0. The molecule has 1 rings (SSSR count). The standard InChI is InChI=1S/C8H14Cl2/c9-6-5-7-1-3-8(10)4-2-7/h7-8H,1-6H2. The van der Waals surface area contributed by atoms with E-state index in [4.69, 9.17) is 23.2 Å². The number of hydrogen-bond acceptors (Lipinski definition) is 0. The Morgan fingerprint density at radius 1 is 1.10 bits per heavy atom. The average Bonchev–Trinajstić information content (AvgIpc) is 1.95. The number of rotatable bonds is 2. The molecule has 0 amide bonds. The van der Waals surface area contributed by atoms with Crippen molar-refractivity contribution in [3.05, 3.63) is 0 Å². The van der Waals surface area contributed by atoms with Crippen LogP contribution in [0.15, 0.2) is 0 Å². The van der Waals surface area contributed by atoms with E-state index in [1.165, 1.54) is 32.1 Å². The van der Waals surface area contributed by atoms with Crippen molar-refractivity contribution in [3.8, 4) is 0 Å². The summed E-state index contributed by atoms with van der Waals surface area (Å²) in [6, 6.07) is 0. The molecule has 1 fully saturated rings. The first-order chi connectivity index (χ1) is 4.83. The van der Waals surface area contributed by atoms with Crippen LogP contribution in [-0.2, 0) is 0 Å². The Balaban J connectivity index is 2.13. The number of halogens is 2. The van der Waals surface area contributed by atoms with Crippen molar-refractivity contribution in [1.29, 1.82) is 0 Å². The molecule has 1 aliphatic rings. The fourth-order valence-corrected chi connectivity index (χ4v) is 2.13. The van der Waals surface area contributed by atoms with Crippen molar-refractivity contribution in [2.75, 3.05) is 5.88 Å². The second kappa shape index (κ2) is 4.46. The molecule has 2 heteroatoms. The second-order valence-corrected chi connectivity index (χ2v) is 4.09. The van der Waals surface area contributed by atoms with E-state index in [0.717, 1.165) is 11.8 Å². The van der Waals surface area contributed by atoms with Crippen LogP contribution < -0.4 is 0 Å². The zero-order valence-corrected chi connectivity index (χ0v) is 7.67. The first-order valence-corrected chi connectivity index (χ1v) is 5.00. The molecule has 0 aromatic heterocycles. The fourth-order valence-electron chi connectivity index (χ4n) is 1.56. The van der Waals surface area contributed by atoms with Crippen LogP contribution in [0.1, 0.15) is 32.1 Å². The summed E-state index contributed by atoms with van der Waals surface area (Å²) < 4.78 is 0. The lowest BCUT2D eigenvalue weighted by Crippen LogP contribution is -2.14. The van der Waals surface area contributed by atoms with Gasteiger partial charge < -0.3 is 0 Å². The van der Waals surface area contributed by atoms with E-state index in [0.29, 0.717) is 5.38 Å². The normalized spacial score (nSPS) is 34.2. The third-order valence-electron chi connectivity index (χ3n) is 2.29. The van der Waals surface area contributed by atoms with E-state index < -0.39 is 0 Å². The zero-order valence-electron chi connectivity index (χ0n) is 6.15. The second-order valence-electron chi connectivity index (χ2n) is 3.10. The smallest absolute Gasteiger partial charge is 0.0336 e. The maximum absolute atomic E-state index is 5.95. The molecule has 1 aliphatic carbocycles. The van der Waals surface area contributed by atoms with E-state index in [1.807, 2.05) is 0 Å². The maximum atomic E-state index is 5.95. The van der Waals surface area contributed by atoms with Crippen molar-refractivity contribution >= 4 is 23.2 Å². The lowest BCUT2D eigenvalue weighted by Gasteiger charge is -2.23. The third-order valence-corrected chi connectivity index (χ3v) is 2.95. The Kier molecular flexibility index (Phi) is 3.87. The van der Waals surface area contributed by atoms with Gasteiger partial charge in [0.2, 0.25) is 0 Å². The summed E-state index contributed by atoms with van der Waals surface area (Å²) in [5.74, 6) is 1.69. The van der Waals surface area contributed by atoms with Gasteiger partial charge in [-0.05, 0) is 38.0 Å². The van der Waals surface area contributed by atoms with Crippen LogP contribution >= 0.6 is 23.2 Å². The Morgan fingerprint density at radius 2 is 1.70 bits per heavy atom. The van der Waals surface area contributed by atoms with Crippen molar-refractivity contribution in [1.82, 2.24) is 0 Å². The van der Waals surface area contributed by atoms with Gasteiger partial charge in [0.05, 0.1) is 0 Å². The molecular weight excluding hydrogens is 167 g/mol. The molecule has 0 atom stereocenters. The predicted octanol–water partition coefficient (Wildman–Crippen LogP) is 3.41. The molecule has 1 saturated carbocycles. The van der Waals surface area contributed by atoms with Gasteiger partial charge in [-0.15, -0.1) is 23.2 Å². The highest BCUT2D eigenvalue weighted by molar-refractivity contribution is 6.20. The Morgan fingerprint density at radius 3 is 2.20 bits per heavy atom. The summed E-state index contributed by atoms with van der Waals surface area (Å²) in [4.78, 5) is 0. The lowest BCUT2D eigenvalue weighted by atomic mass is 9.87. The van der Waals surface area contributed by atoms with Gasteiger partial charge in [-0.1, -0.05) is 0 Å². The first-order valence-electron chi connectivity index (χ1n) is 4.03. The van der Waals surface area contributed by atoms with Crippen LogP contribution in [0.5, 0.6) is 0 Å². The van der Waals surface area contributed by atoms with Crippen molar-refractivity contribution in [2.45, 2.75) is 37.5 Å². The highest BCUT2D eigenvalue weighted by atomic mass is 35.5. The third kappa shape index (κ3) is 2.67. The molecule has 0 saturated heterocycles. The minimum atomic E-state index is 0.451. The van der Waals surface area contributed by atoms with Gasteiger partial charge in [-0.2, -0.15) is 0 Å². The van der Waals surface area contributed by atoms with Gasteiger partial charge in [0.1, 0.15) is 0 Å². The largest absolute Gasteiger partial charge is 0.127 e. The summed E-state index contributed by atoms with van der Waals surface area (Å²) in [6.07, 6.45) is 6.17. The van der Waals surface area contributed by atoms with Crippen molar-refractivity contribution in [2.24, 2.45) is 5.92 Å². The molecule has 0 heterocycles. The molecule has 0 nitrogen and oxygen atoms in total. The fraction of sp³-hybridized carbons (Fsp3) is 1.00. The summed E-state index contributed by atoms with van der Waals surface area (Å²) in [5.41, 5.74) is 0. The summed E-state index contributed by atoms with van der Waals surface area (Å²) >= 11 is 11.6. The van der Waals surface area contributed by atoms with Gasteiger partial charge >= 0.3 is 0 Å². The van der Waals surface area contributed by atoms with E-state index >= 15 is 0 Å². The molecule has 0 bridgehead atoms. The van der Waals surface area contributed by atoms with Crippen LogP contribution in [0.3, 0.4) is 0 Å². The van der Waals surface area contributed by atoms with E-state index in [9.17, 15) is 0 Å². The van der Waals surface area contributed by atoms with Crippen LogP contribution in [-0.4, -0.2) is 11.3 Å². The SMILES string of the molecule is ClCCC1CCC(Cl)CC1. The number of hydrogen-bond donors (Lipinski definition) is 0. The van der Waals surface area contributed by atoms with Crippen LogP contribution in [0.2, 0.25) is 0 Å². The van der Waals surface area contributed by atoms with Crippen LogP contribution in [0, 0.1) is 5.92 Å². The van der Waals surface area contributed by atoms with E-state index in [-0.39, 0.29) is 0 Å². The molecule has 0 unspecified atom stereocenters. The van der Waals surface area contributed by atoms with Crippen LogP contribution in [0.4, 0.5) is 0 Å². The number of alkyl halides is 2. The Bertz CT molecular complexity index is 85.3. The highest BCUT2D eigenvalue weighted by Crippen LogP contribution is 2.29. The summed E-state index contributed by atoms with van der Waals surface area (Å²) in [5, 5.41) is 0.451. The van der Waals surface area contributed by atoms with Crippen molar-refractivity contribution in [3.63, 3.8) is 0 Å². The molecule has 0 aromatic carbocycles. The maximum Gasteiger partial charge on any atom is 0.0336 e. The topological polar surface area (TPSA) is 0 Å². The molecular formula is C8H14Cl2. The molecule has 0 spiro atoms. The molecule has 0 N–H and O–H groups in total. The lowest BCUT2D eigenvalue weighted by molar-refractivity contribution is 0.355. The average molecular weight is 181 g/mol. The van der Waals surface area contributed by atoms with Gasteiger partial charge in [0.15, 0.2) is 0 Å². The van der Waals surface area contributed by atoms with E-state index in [2.05, 4.69) is 0 Å². The summed E-state index contributed by atoms with van der Waals surface area (Å²) in [6.45, 7) is 0. The quantitative estimate of drug-likeness (QED) is 0.572. The van der Waals surface area contributed by atoms with Crippen molar-refractivity contribution < 1.29 is 0 Å². The highest BCUT2D eigenvalue weighted by Gasteiger charge is 2.18.